The van der Waals surface area contributed by atoms with Gasteiger partial charge in [-0.1, -0.05) is 18.2 Å². The van der Waals surface area contributed by atoms with Gasteiger partial charge >= 0.3 is 0 Å². The average molecular weight is 237 g/mol. The van der Waals surface area contributed by atoms with Gasteiger partial charge in [-0.25, -0.2) is 0 Å². The minimum Gasteiger partial charge on any atom is -0.494 e. The van der Waals surface area contributed by atoms with Crippen LogP contribution in [0.4, 0.5) is 0 Å². The summed E-state index contributed by atoms with van der Waals surface area (Å²) in [5, 5.41) is 0.204. The van der Waals surface area contributed by atoms with Gasteiger partial charge in [0.15, 0.2) is 0 Å². The lowest BCUT2D eigenvalue weighted by Crippen LogP contribution is -2.02. The van der Waals surface area contributed by atoms with E-state index in [1.54, 1.807) is 0 Å². The van der Waals surface area contributed by atoms with Crippen LogP contribution in [0.3, 0.4) is 0 Å². The highest BCUT2D eigenvalue weighted by molar-refractivity contribution is 6.22. The van der Waals surface area contributed by atoms with Gasteiger partial charge in [0.1, 0.15) is 5.75 Å². The van der Waals surface area contributed by atoms with E-state index < -0.39 is 0 Å². The number of benzene rings is 1. The molecule has 1 unspecified atom stereocenters. The first-order valence-electron chi connectivity index (χ1n) is 5.87. The van der Waals surface area contributed by atoms with E-state index in [4.69, 9.17) is 16.3 Å². The third-order valence-corrected chi connectivity index (χ3v) is 3.19. The van der Waals surface area contributed by atoms with Crippen LogP contribution in [0, 0.1) is 0 Å². The third kappa shape index (κ3) is 2.79. The second kappa shape index (κ2) is 5.40. The van der Waals surface area contributed by atoms with Crippen molar-refractivity contribution in [3.8, 4) is 5.75 Å². The molecule has 0 aromatic heterocycles. The number of hydrogen-bond donors (Lipinski definition) is 0. The van der Waals surface area contributed by atoms with E-state index in [-0.39, 0.29) is 5.38 Å². The number of alkyl halides is 1. The first-order chi connectivity index (χ1) is 7.79. The van der Waals surface area contributed by atoms with Crippen LogP contribution in [0.1, 0.15) is 31.7 Å². The summed E-state index contributed by atoms with van der Waals surface area (Å²) in [4.78, 5) is 0. The summed E-state index contributed by atoms with van der Waals surface area (Å²) in [6, 6.07) is 8.28. The molecule has 0 spiro atoms. The molecule has 86 valence electrons. The quantitative estimate of drug-likeness (QED) is 0.713. The maximum atomic E-state index is 6.14. The van der Waals surface area contributed by atoms with E-state index in [0.29, 0.717) is 6.61 Å². The number of halogens is 1. The predicted molar refractivity (Wildman–Crippen MR) is 69.1 cm³/mol. The van der Waals surface area contributed by atoms with Gasteiger partial charge in [0.25, 0.3) is 0 Å². The highest BCUT2D eigenvalue weighted by atomic mass is 35.5. The van der Waals surface area contributed by atoms with E-state index in [0.717, 1.165) is 18.6 Å². The normalized spacial score (nSPS) is 20.4. The third-order valence-electron chi connectivity index (χ3n) is 2.84. The van der Waals surface area contributed by atoms with E-state index in [2.05, 4.69) is 18.2 Å². The topological polar surface area (TPSA) is 9.23 Å². The Morgan fingerprint density at radius 1 is 1.31 bits per heavy atom. The van der Waals surface area contributed by atoms with E-state index in [1.165, 1.54) is 17.6 Å². The largest absolute Gasteiger partial charge is 0.494 e. The van der Waals surface area contributed by atoms with Crippen molar-refractivity contribution in [1.29, 1.82) is 0 Å². The Balaban J connectivity index is 2.15. The number of ether oxygens (including phenoxy) is 1. The first-order valence-corrected chi connectivity index (χ1v) is 6.31. The minimum atomic E-state index is 0.204. The summed E-state index contributed by atoms with van der Waals surface area (Å²) in [6.45, 7) is 2.71. The SMILES string of the molecule is CCOc1ccc(C2=CC(Cl)CCC2)cc1. The van der Waals surface area contributed by atoms with Gasteiger partial charge in [-0.05, 0) is 49.5 Å². The van der Waals surface area contributed by atoms with E-state index >= 15 is 0 Å². The van der Waals surface area contributed by atoms with Crippen molar-refractivity contribution in [2.24, 2.45) is 0 Å². The maximum absolute atomic E-state index is 6.14. The molecule has 1 aromatic carbocycles. The Morgan fingerprint density at radius 3 is 2.69 bits per heavy atom. The molecule has 1 aliphatic carbocycles. The van der Waals surface area contributed by atoms with Crippen LogP contribution in [-0.4, -0.2) is 12.0 Å². The van der Waals surface area contributed by atoms with Gasteiger partial charge in [-0.15, -0.1) is 11.6 Å². The predicted octanol–water partition coefficient (Wildman–Crippen LogP) is 4.26. The van der Waals surface area contributed by atoms with Gasteiger partial charge < -0.3 is 4.74 Å². The van der Waals surface area contributed by atoms with Crippen LogP contribution in [0.25, 0.3) is 5.57 Å². The highest BCUT2D eigenvalue weighted by Gasteiger charge is 2.12. The number of hydrogen-bond acceptors (Lipinski definition) is 1. The van der Waals surface area contributed by atoms with E-state index in [9.17, 15) is 0 Å². The molecular formula is C14H17ClO. The molecule has 2 rings (SSSR count). The second-order valence-corrected chi connectivity index (χ2v) is 4.62. The molecule has 0 fully saturated rings. The van der Waals surface area contributed by atoms with Crippen LogP contribution in [0.5, 0.6) is 5.75 Å². The standard InChI is InChI=1S/C14H17ClO/c1-2-16-14-8-6-11(7-9-14)12-4-3-5-13(15)10-12/h6-10,13H,2-5H2,1H3. The maximum Gasteiger partial charge on any atom is 0.119 e. The van der Waals surface area contributed by atoms with Crippen LogP contribution >= 0.6 is 11.6 Å². The van der Waals surface area contributed by atoms with Crippen molar-refractivity contribution < 1.29 is 4.74 Å². The number of allylic oxidation sites excluding steroid dienone is 2. The van der Waals surface area contributed by atoms with E-state index in [1.807, 2.05) is 19.1 Å². The Bertz CT molecular complexity index is 367. The molecule has 1 aliphatic rings. The molecule has 2 heteroatoms. The highest BCUT2D eigenvalue weighted by Crippen LogP contribution is 2.29. The molecular weight excluding hydrogens is 220 g/mol. The average Bonchev–Trinajstić information content (AvgIpc) is 2.30. The van der Waals surface area contributed by atoms with Crippen molar-refractivity contribution in [2.75, 3.05) is 6.61 Å². The van der Waals surface area contributed by atoms with Crippen molar-refractivity contribution >= 4 is 17.2 Å². The van der Waals surface area contributed by atoms with Crippen molar-refractivity contribution in [2.45, 2.75) is 31.6 Å². The first kappa shape index (κ1) is 11.5. The molecule has 0 saturated carbocycles. The smallest absolute Gasteiger partial charge is 0.119 e. The van der Waals surface area contributed by atoms with Gasteiger partial charge in [-0.2, -0.15) is 0 Å². The van der Waals surface area contributed by atoms with Crippen molar-refractivity contribution in [3.05, 3.63) is 35.9 Å². The monoisotopic (exact) mass is 236 g/mol. The fourth-order valence-corrected chi connectivity index (χ4v) is 2.35. The fourth-order valence-electron chi connectivity index (χ4n) is 2.04. The molecule has 0 amide bonds. The van der Waals surface area contributed by atoms with Crippen molar-refractivity contribution in [3.63, 3.8) is 0 Å². The van der Waals surface area contributed by atoms with Gasteiger partial charge in [-0.3, -0.25) is 0 Å². The Morgan fingerprint density at radius 2 is 2.06 bits per heavy atom. The van der Waals surface area contributed by atoms with Gasteiger partial charge in [0.05, 0.1) is 12.0 Å². The van der Waals surface area contributed by atoms with Crippen molar-refractivity contribution in [1.82, 2.24) is 0 Å². The fraction of sp³-hybridized carbons (Fsp3) is 0.429. The zero-order chi connectivity index (χ0) is 11.4. The van der Waals surface area contributed by atoms with Crippen LogP contribution < -0.4 is 4.74 Å². The minimum absolute atomic E-state index is 0.204. The Hall–Kier alpha value is -0.950. The molecule has 0 heterocycles. The summed E-state index contributed by atoms with van der Waals surface area (Å²) >= 11 is 6.14. The van der Waals surface area contributed by atoms with Crippen LogP contribution in [0.2, 0.25) is 0 Å². The summed E-state index contributed by atoms with van der Waals surface area (Å²) in [5.41, 5.74) is 2.64. The Kier molecular flexibility index (Phi) is 3.89. The molecule has 0 aliphatic heterocycles. The molecule has 1 aromatic rings. The second-order valence-electron chi connectivity index (χ2n) is 4.06. The van der Waals surface area contributed by atoms with Gasteiger partial charge in [0, 0.05) is 0 Å². The summed E-state index contributed by atoms with van der Waals surface area (Å²) < 4.78 is 5.42. The molecule has 0 radical (unpaired) electrons. The molecule has 1 atom stereocenters. The molecule has 16 heavy (non-hydrogen) atoms. The Labute approximate surface area is 102 Å². The summed E-state index contributed by atoms with van der Waals surface area (Å²) in [5.74, 6) is 0.935. The lowest BCUT2D eigenvalue weighted by atomic mass is 9.93. The molecule has 1 nitrogen and oxygen atoms in total. The van der Waals surface area contributed by atoms with Gasteiger partial charge in [0.2, 0.25) is 0 Å². The summed E-state index contributed by atoms with van der Waals surface area (Å²) in [7, 11) is 0. The van der Waals surface area contributed by atoms with Crippen LogP contribution in [0.15, 0.2) is 30.3 Å². The molecule has 0 bridgehead atoms. The van der Waals surface area contributed by atoms with Crippen LogP contribution in [-0.2, 0) is 0 Å². The molecule has 0 saturated heterocycles. The molecule has 0 N–H and O–H groups in total. The zero-order valence-corrected chi connectivity index (χ0v) is 10.3. The lowest BCUT2D eigenvalue weighted by Gasteiger charge is -2.16. The number of rotatable bonds is 3. The lowest BCUT2D eigenvalue weighted by molar-refractivity contribution is 0.340. The summed E-state index contributed by atoms with van der Waals surface area (Å²) in [6.07, 6.45) is 5.60. The zero-order valence-electron chi connectivity index (χ0n) is 9.58.